The molecule has 1 aromatic heterocycles. The number of unbranched alkanes of at least 4 members (excludes halogenated alkanes) is 1. The number of rotatable bonds is 6. The third-order valence-electron chi connectivity index (χ3n) is 4.70. The van der Waals surface area contributed by atoms with E-state index in [1.165, 1.54) is 12.8 Å². The average Bonchev–Trinajstić information content (AvgIpc) is 3.24. The zero-order valence-electron chi connectivity index (χ0n) is 13.1. The highest BCUT2D eigenvalue weighted by molar-refractivity contribution is 5.93. The molecule has 3 rings (SSSR count). The number of piperidine rings is 1. The van der Waals surface area contributed by atoms with Gasteiger partial charge in [0.25, 0.3) is 5.91 Å². The maximum absolute atomic E-state index is 12.9. The van der Waals surface area contributed by atoms with Crippen molar-refractivity contribution in [3.63, 3.8) is 0 Å². The number of nitrogens with one attached hydrogen (secondary N) is 1. The lowest BCUT2D eigenvalue weighted by molar-refractivity contribution is 0.0726. The molecule has 0 spiro atoms. The Balaban J connectivity index is 1.75. The van der Waals surface area contributed by atoms with Crippen LogP contribution in [0.4, 0.5) is 0 Å². The monoisotopic (exact) mass is 289 g/mol. The summed E-state index contributed by atoms with van der Waals surface area (Å²) in [6.07, 6.45) is 8.95. The van der Waals surface area contributed by atoms with Crippen molar-refractivity contribution < 1.29 is 4.79 Å². The van der Waals surface area contributed by atoms with E-state index in [2.05, 4.69) is 27.9 Å². The predicted molar refractivity (Wildman–Crippen MR) is 84.5 cm³/mol. The molecule has 0 unspecified atom stereocenters. The van der Waals surface area contributed by atoms with Gasteiger partial charge in [-0.3, -0.25) is 4.79 Å². The number of carbonyl (C=O) groups is 1. The van der Waals surface area contributed by atoms with Crippen LogP contribution < -0.4 is 5.32 Å². The first-order valence-corrected chi connectivity index (χ1v) is 8.49. The Morgan fingerprint density at radius 3 is 2.76 bits per heavy atom. The van der Waals surface area contributed by atoms with Crippen LogP contribution >= 0.6 is 0 Å². The zero-order chi connectivity index (χ0) is 14.7. The van der Waals surface area contributed by atoms with Crippen molar-refractivity contribution in [2.45, 2.75) is 57.5 Å². The van der Waals surface area contributed by atoms with Crippen LogP contribution in [0.25, 0.3) is 0 Å². The van der Waals surface area contributed by atoms with Gasteiger partial charge < -0.3 is 14.8 Å². The number of nitrogens with zero attached hydrogens (tertiary/aromatic N) is 2. The maximum Gasteiger partial charge on any atom is 0.270 e. The number of hydrogen-bond donors (Lipinski definition) is 1. The molecule has 1 saturated heterocycles. The highest BCUT2D eigenvalue weighted by Gasteiger charge is 2.34. The van der Waals surface area contributed by atoms with Crippen molar-refractivity contribution in [1.82, 2.24) is 14.8 Å². The molecule has 2 fully saturated rings. The third-order valence-corrected chi connectivity index (χ3v) is 4.70. The van der Waals surface area contributed by atoms with Gasteiger partial charge in [0.15, 0.2) is 0 Å². The minimum absolute atomic E-state index is 0.245. The van der Waals surface area contributed by atoms with E-state index in [9.17, 15) is 4.79 Å². The Morgan fingerprint density at radius 1 is 1.33 bits per heavy atom. The Morgan fingerprint density at radius 2 is 2.10 bits per heavy atom. The molecule has 4 nitrogen and oxygen atoms in total. The molecule has 1 N–H and O–H groups in total. The molecule has 1 aliphatic heterocycles. The fourth-order valence-corrected chi connectivity index (χ4v) is 3.29. The van der Waals surface area contributed by atoms with E-state index >= 15 is 0 Å². The smallest absolute Gasteiger partial charge is 0.270 e. The minimum Gasteiger partial charge on any atom is -0.340 e. The Labute approximate surface area is 127 Å². The fraction of sp³-hybridized carbons (Fsp3) is 0.706. The van der Waals surface area contributed by atoms with Gasteiger partial charge in [-0.1, -0.05) is 13.3 Å². The number of carbonyl (C=O) groups excluding carboxylic acids is 1. The summed E-state index contributed by atoms with van der Waals surface area (Å²) in [5.74, 6) is 0.245. The number of aromatic nitrogens is 1. The van der Waals surface area contributed by atoms with E-state index in [0.29, 0.717) is 12.1 Å². The van der Waals surface area contributed by atoms with Gasteiger partial charge in [0.05, 0.1) is 0 Å². The van der Waals surface area contributed by atoms with E-state index in [0.717, 1.165) is 51.0 Å². The Hall–Kier alpha value is -1.29. The summed E-state index contributed by atoms with van der Waals surface area (Å²) >= 11 is 0. The summed E-state index contributed by atoms with van der Waals surface area (Å²) < 4.78 is 2.23. The standard InChI is InChI=1S/C17H27N3O/c1-2-3-12-20(14-6-7-14)17(21)16-5-4-13-19(16)15-8-10-18-11-9-15/h4-5,13-15,18H,2-3,6-12H2,1H3. The van der Waals surface area contributed by atoms with Gasteiger partial charge in [0.1, 0.15) is 5.69 Å². The second kappa shape index (κ2) is 6.65. The van der Waals surface area contributed by atoms with Gasteiger partial charge in [0.2, 0.25) is 0 Å². The molecule has 2 heterocycles. The van der Waals surface area contributed by atoms with Crippen LogP contribution in [-0.4, -0.2) is 41.1 Å². The molecule has 1 aromatic rings. The second-order valence-corrected chi connectivity index (χ2v) is 6.37. The average molecular weight is 289 g/mol. The largest absolute Gasteiger partial charge is 0.340 e. The Bertz CT molecular complexity index is 472. The van der Waals surface area contributed by atoms with Crippen LogP contribution in [0.2, 0.25) is 0 Å². The SMILES string of the molecule is CCCCN(C(=O)c1cccn1C1CCNCC1)C1CC1. The molecule has 1 aliphatic carbocycles. The van der Waals surface area contributed by atoms with Crippen LogP contribution in [0.15, 0.2) is 18.3 Å². The fourth-order valence-electron chi connectivity index (χ4n) is 3.29. The van der Waals surface area contributed by atoms with Crippen LogP contribution in [0.5, 0.6) is 0 Å². The van der Waals surface area contributed by atoms with Crippen molar-refractivity contribution >= 4 is 5.91 Å². The van der Waals surface area contributed by atoms with Crippen LogP contribution in [0.1, 0.15) is 62.0 Å². The van der Waals surface area contributed by atoms with Gasteiger partial charge in [-0.05, 0) is 57.3 Å². The summed E-state index contributed by atoms with van der Waals surface area (Å²) in [5.41, 5.74) is 0.893. The van der Waals surface area contributed by atoms with Crippen molar-refractivity contribution in [2.24, 2.45) is 0 Å². The molecule has 1 amide bonds. The van der Waals surface area contributed by atoms with Crippen LogP contribution in [0, 0.1) is 0 Å². The van der Waals surface area contributed by atoms with Crippen molar-refractivity contribution in [3.8, 4) is 0 Å². The van der Waals surface area contributed by atoms with Crippen molar-refractivity contribution in [3.05, 3.63) is 24.0 Å². The lowest BCUT2D eigenvalue weighted by Gasteiger charge is -2.28. The summed E-state index contributed by atoms with van der Waals surface area (Å²) in [5, 5.41) is 3.40. The summed E-state index contributed by atoms with van der Waals surface area (Å²) in [7, 11) is 0. The van der Waals surface area contributed by atoms with E-state index in [1.807, 2.05) is 12.1 Å². The molecular weight excluding hydrogens is 262 g/mol. The lowest BCUT2D eigenvalue weighted by atomic mass is 10.1. The highest BCUT2D eigenvalue weighted by Crippen LogP contribution is 2.30. The summed E-state index contributed by atoms with van der Waals surface area (Å²) in [6, 6.07) is 5.01. The molecule has 1 saturated carbocycles. The second-order valence-electron chi connectivity index (χ2n) is 6.37. The maximum atomic E-state index is 12.9. The van der Waals surface area contributed by atoms with Crippen molar-refractivity contribution in [1.29, 1.82) is 0 Å². The summed E-state index contributed by atoms with van der Waals surface area (Å²) in [6.45, 7) is 5.21. The molecule has 116 valence electrons. The van der Waals surface area contributed by atoms with E-state index in [-0.39, 0.29) is 5.91 Å². The van der Waals surface area contributed by atoms with E-state index < -0.39 is 0 Å². The number of hydrogen-bond acceptors (Lipinski definition) is 2. The first-order valence-electron chi connectivity index (χ1n) is 8.49. The molecule has 0 atom stereocenters. The highest BCUT2D eigenvalue weighted by atomic mass is 16.2. The topological polar surface area (TPSA) is 37.3 Å². The number of amides is 1. The molecular formula is C17H27N3O. The first kappa shape index (κ1) is 14.6. The van der Waals surface area contributed by atoms with Gasteiger partial charge in [-0.25, -0.2) is 0 Å². The summed E-state index contributed by atoms with van der Waals surface area (Å²) in [4.78, 5) is 15.1. The predicted octanol–water partition coefficient (Wildman–Crippen LogP) is 2.82. The van der Waals surface area contributed by atoms with E-state index in [4.69, 9.17) is 0 Å². The zero-order valence-corrected chi connectivity index (χ0v) is 13.1. The first-order chi connectivity index (χ1) is 10.3. The van der Waals surface area contributed by atoms with Gasteiger partial charge in [0, 0.05) is 24.8 Å². The van der Waals surface area contributed by atoms with Crippen LogP contribution in [-0.2, 0) is 0 Å². The third kappa shape index (κ3) is 3.31. The van der Waals surface area contributed by atoms with Gasteiger partial charge in [-0.2, -0.15) is 0 Å². The molecule has 0 bridgehead atoms. The molecule has 0 aromatic carbocycles. The molecule has 0 radical (unpaired) electrons. The van der Waals surface area contributed by atoms with Crippen molar-refractivity contribution in [2.75, 3.05) is 19.6 Å². The van der Waals surface area contributed by atoms with Crippen LogP contribution in [0.3, 0.4) is 0 Å². The van der Waals surface area contributed by atoms with Gasteiger partial charge in [-0.15, -0.1) is 0 Å². The molecule has 21 heavy (non-hydrogen) atoms. The van der Waals surface area contributed by atoms with E-state index in [1.54, 1.807) is 0 Å². The van der Waals surface area contributed by atoms with Gasteiger partial charge >= 0.3 is 0 Å². The normalized spacial score (nSPS) is 19.7. The minimum atomic E-state index is 0.245. The molecule has 2 aliphatic rings. The Kier molecular flexibility index (Phi) is 4.63. The lowest BCUT2D eigenvalue weighted by Crippen LogP contribution is -2.37. The molecule has 4 heteroatoms. The quantitative estimate of drug-likeness (QED) is 0.874.